The van der Waals surface area contributed by atoms with Crippen LogP contribution in [0, 0.1) is 13.8 Å². The van der Waals surface area contributed by atoms with E-state index in [1.54, 1.807) is 37.3 Å². The topological polar surface area (TPSA) is 75.7 Å². The van der Waals surface area contributed by atoms with Crippen LogP contribution in [0.3, 0.4) is 0 Å². The first kappa shape index (κ1) is 20.2. The second-order valence-electron chi connectivity index (χ2n) is 6.01. The number of nitrogens with one attached hydrogen (secondary N) is 1. The van der Waals surface area contributed by atoms with E-state index < -0.39 is 15.9 Å². The number of aryl methyl sites for hydroxylation is 2. The minimum Gasteiger partial charge on any atom is -0.483 e. The maximum atomic E-state index is 12.3. The molecule has 0 fully saturated rings. The number of carbonyl (C=O) groups is 1. The first-order valence-corrected chi connectivity index (χ1v) is 9.65. The van der Waals surface area contributed by atoms with Crippen LogP contribution in [0.15, 0.2) is 41.3 Å². The summed E-state index contributed by atoms with van der Waals surface area (Å²) in [5.74, 6) is 0.167. The number of rotatable bonds is 6. The van der Waals surface area contributed by atoms with E-state index in [0.29, 0.717) is 22.0 Å². The van der Waals surface area contributed by atoms with Gasteiger partial charge in [-0.2, -0.15) is 0 Å². The Morgan fingerprint density at radius 3 is 2.42 bits per heavy atom. The molecule has 0 aliphatic heterocycles. The molecule has 0 unspecified atom stereocenters. The van der Waals surface area contributed by atoms with Gasteiger partial charge >= 0.3 is 0 Å². The molecular weight excluding hydrogens is 376 g/mol. The minimum absolute atomic E-state index is 0.148. The molecule has 26 heavy (non-hydrogen) atoms. The third-order valence-electron chi connectivity index (χ3n) is 3.73. The van der Waals surface area contributed by atoms with Crippen LogP contribution in [0.1, 0.15) is 11.1 Å². The van der Waals surface area contributed by atoms with Gasteiger partial charge in [0.1, 0.15) is 5.75 Å². The van der Waals surface area contributed by atoms with Crippen molar-refractivity contribution < 1.29 is 17.9 Å². The fourth-order valence-corrected chi connectivity index (χ4v) is 3.64. The lowest BCUT2D eigenvalue weighted by Crippen LogP contribution is -2.24. The summed E-state index contributed by atoms with van der Waals surface area (Å²) < 4.78 is 31.3. The Hall–Kier alpha value is -2.09. The van der Waals surface area contributed by atoms with Gasteiger partial charge in [0.05, 0.1) is 4.90 Å². The number of amides is 1. The lowest BCUT2D eigenvalue weighted by atomic mass is 10.2. The zero-order valence-corrected chi connectivity index (χ0v) is 16.6. The largest absolute Gasteiger partial charge is 0.483 e. The first-order chi connectivity index (χ1) is 12.1. The van der Waals surface area contributed by atoms with Crippen LogP contribution >= 0.6 is 11.6 Å². The highest BCUT2D eigenvalue weighted by atomic mass is 35.5. The molecule has 0 heterocycles. The molecule has 6 nitrogen and oxygen atoms in total. The lowest BCUT2D eigenvalue weighted by Gasteiger charge is -2.15. The zero-order valence-electron chi connectivity index (χ0n) is 15.0. The van der Waals surface area contributed by atoms with Gasteiger partial charge in [-0.1, -0.05) is 17.7 Å². The standard InChI is InChI=1S/C18H21ClN2O4S/c1-12-5-7-15(10-17(12)26(23,24)21(3)4)20-18(22)11-25-16-8-6-14(19)9-13(16)2/h5-10H,11H2,1-4H3,(H,20,22). The number of carbonyl (C=O) groups excluding carboxylic acids is 1. The van der Waals surface area contributed by atoms with Gasteiger partial charge in [-0.25, -0.2) is 12.7 Å². The number of hydrogen-bond acceptors (Lipinski definition) is 4. The second kappa shape index (κ2) is 8.07. The zero-order chi connectivity index (χ0) is 19.5. The highest BCUT2D eigenvalue weighted by molar-refractivity contribution is 7.89. The Morgan fingerprint density at radius 1 is 1.12 bits per heavy atom. The molecule has 2 aromatic rings. The van der Waals surface area contributed by atoms with Crippen molar-refractivity contribution >= 4 is 33.2 Å². The van der Waals surface area contributed by atoms with Gasteiger partial charge in [-0.3, -0.25) is 4.79 Å². The van der Waals surface area contributed by atoms with E-state index in [1.165, 1.54) is 20.2 Å². The van der Waals surface area contributed by atoms with Gasteiger partial charge in [-0.05, 0) is 55.3 Å². The van der Waals surface area contributed by atoms with E-state index >= 15 is 0 Å². The van der Waals surface area contributed by atoms with E-state index in [0.717, 1.165) is 9.87 Å². The van der Waals surface area contributed by atoms with Crippen LogP contribution in [-0.4, -0.2) is 39.3 Å². The Kier molecular flexibility index (Phi) is 6.28. The average molecular weight is 397 g/mol. The van der Waals surface area contributed by atoms with Crippen LogP contribution in [0.25, 0.3) is 0 Å². The summed E-state index contributed by atoms with van der Waals surface area (Å²) in [6, 6.07) is 9.85. The van der Waals surface area contributed by atoms with Gasteiger partial charge in [0.25, 0.3) is 5.91 Å². The van der Waals surface area contributed by atoms with Gasteiger partial charge in [0, 0.05) is 24.8 Å². The van der Waals surface area contributed by atoms with Crippen LogP contribution in [0.4, 0.5) is 5.69 Å². The van der Waals surface area contributed by atoms with Crippen LogP contribution in [0.2, 0.25) is 5.02 Å². The fourth-order valence-electron chi connectivity index (χ4n) is 2.27. The van der Waals surface area contributed by atoms with Crippen molar-refractivity contribution in [1.29, 1.82) is 0 Å². The number of nitrogens with zero attached hydrogens (tertiary/aromatic N) is 1. The number of benzene rings is 2. The number of hydrogen-bond donors (Lipinski definition) is 1. The summed E-state index contributed by atoms with van der Waals surface area (Å²) in [4.78, 5) is 12.3. The van der Waals surface area contributed by atoms with Crippen molar-refractivity contribution in [1.82, 2.24) is 4.31 Å². The molecule has 1 N–H and O–H groups in total. The lowest BCUT2D eigenvalue weighted by molar-refractivity contribution is -0.118. The molecule has 0 radical (unpaired) electrons. The van der Waals surface area contributed by atoms with Crippen LogP contribution in [0.5, 0.6) is 5.75 Å². The van der Waals surface area contributed by atoms with Gasteiger partial charge in [0.15, 0.2) is 6.61 Å². The Labute approximate surface area is 158 Å². The summed E-state index contributed by atoms with van der Waals surface area (Å²) >= 11 is 5.89. The molecule has 0 bridgehead atoms. The van der Waals surface area contributed by atoms with Crippen molar-refractivity contribution in [2.75, 3.05) is 26.0 Å². The van der Waals surface area contributed by atoms with Crippen LogP contribution < -0.4 is 10.1 Å². The molecule has 0 saturated heterocycles. The number of sulfonamides is 1. The molecule has 2 rings (SSSR count). The summed E-state index contributed by atoms with van der Waals surface area (Å²) in [5, 5.41) is 3.24. The average Bonchev–Trinajstić information content (AvgIpc) is 2.55. The molecule has 0 spiro atoms. The van der Waals surface area contributed by atoms with Gasteiger partial charge in [-0.15, -0.1) is 0 Å². The highest BCUT2D eigenvalue weighted by Gasteiger charge is 2.20. The fraction of sp³-hybridized carbons (Fsp3) is 0.278. The monoisotopic (exact) mass is 396 g/mol. The third kappa shape index (κ3) is 4.75. The maximum absolute atomic E-state index is 12.3. The number of halogens is 1. The molecule has 0 aromatic heterocycles. The third-order valence-corrected chi connectivity index (χ3v) is 5.92. The van der Waals surface area contributed by atoms with Crippen molar-refractivity contribution in [2.24, 2.45) is 0 Å². The van der Waals surface area contributed by atoms with Crippen LogP contribution in [-0.2, 0) is 14.8 Å². The van der Waals surface area contributed by atoms with Crippen molar-refractivity contribution in [3.05, 3.63) is 52.5 Å². The van der Waals surface area contributed by atoms with E-state index in [4.69, 9.17) is 16.3 Å². The number of anilines is 1. The smallest absolute Gasteiger partial charge is 0.262 e. The Bertz CT molecular complexity index is 927. The van der Waals surface area contributed by atoms with Crippen molar-refractivity contribution in [3.8, 4) is 5.75 Å². The summed E-state index contributed by atoms with van der Waals surface area (Å²) in [5.41, 5.74) is 1.81. The Morgan fingerprint density at radius 2 is 1.81 bits per heavy atom. The second-order valence-corrected chi connectivity index (χ2v) is 8.57. The quantitative estimate of drug-likeness (QED) is 0.813. The number of ether oxygens (including phenoxy) is 1. The van der Waals surface area contributed by atoms with E-state index in [2.05, 4.69) is 5.32 Å². The molecule has 0 atom stereocenters. The first-order valence-electron chi connectivity index (χ1n) is 7.83. The minimum atomic E-state index is -3.59. The molecule has 0 aliphatic rings. The summed E-state index contributed by atoms with van der Waals surface area (Å²) in [6.07, 6.45) is 0. The summed E-state index contributed by atoms with van der Waals surface area (Å²) in [7, 11) is -0.671. The van der Waals surface area contributed by atoms with E-state index in [1.807, 2.05) is 6.92 Å². The molecule has 140 valence electrons. The molecule has 2 aromatic carbocycles. The van der Waals surface area contributed by atoms with E-state index in [-0.39, 0.29) is 11.5 Å². The predicted molar refractivity (Wildman–Crippen MR) is 102 cm³/mol. The SMILES string of the molecule is Cc1cc(Cl)ccc1OCC(=O)Nc1ccc(C)c(S(=O)(=O)N(C)C)c1. The molecule has 0 aliphatic carbocycles. The maximum Gasteiger partial charge on any atom is 0.262 e. The van der Waals surface area contributed by atoms with Crippen molar-refractivity contribution in [3.63, 3.8) is 0 Å². The molecule has 8 heteroatoms. The molecular formula is C18H21ClN2O4S. The predicted octanol–water partition coefficient (Wildman–Crippen LogP) is 3.22. The molecule has 0 saturated carbocycles. The van der Waals surface area contributed by atoms with Gasteiger partial charge in [0.2, 0.25) is 10.0 Å². The van der Waals surface area contributed by atoms with E-state index in [9.17, 15) is 13.2 Å². The van der Waals surface area contributed by atoms with Gasteiger partial charge < -0.3 is 10.1 Å². The molecule has 1 amide bonds. The highest BCUT2D eigenvalue weighted by Crippen LogP contribution is 2.23. The Balaban J connectivity index is 2.10. The summed E-state index contributed by atoms with van der Waals surface area (Å²) in [6.45, 7) is 3.33. The normalized spacial score (nSPS) is 11.5. The van der Waals surface area contributed by atoms with Crippen molar-refractivity contribution in [2.45, 2.75) is 18.7 Å².